The number of hydrogen-bond acceptors (Lipinski definition) is 5. The molecular weight excluding hydrogens is 314 g/mol. The van der Waals surface area contributed by atoms with Crippen molar-refractivity contribution < 1.29 is 4.79 Å². The van der Waals surface area contributed by atoms with Crippen LogP contribution in [0.25, 0.3) is 0 Å². The van der Waals surface area contributed by atoms with Crippen molar-refractivity contribution in [3.05, 3.63) is 70.9 Å². The van der Waals surface area contributed by atoms with Gasteiger partial charge in [0.05, 0.1) is 11.9 Å². The quantitative estimate of drug-likeness (QED) is 0.717. The molecule has 4 nitrogen and oxygen atoms in total. The van der Waals surface area contributed by atoms with Gasteiger partial charge in [-0.2, -0.15) is 11.3 Å². The van der Waals surface area contributed by atoms with Gasteiger partial charge in [-0.15, -0.1) is 11.8 Å². The standard InChI is InChI=1S/C16H13N3OS2/c20-16(14-9-17-6-7-18-14)19-13-3-1-2-4-15(13)22-11-12-5-8-21-10-12/h1-10H,11H2,(H,19,20). The van der Waals surface area contributed by atoms with Crippen LogP contribution in [0, 0.1) is 0 Å². The zero-order valence-corrected chi connectivity index (χ0v) is 13.2. The summed E-state index contributed by atoms with van der Waals surface area (Å²) in [5.41, 5.74) is 2.38. The summed E-state index contributed by atoms with van der Waals surface area (Å²) >= 11 is 3.39. The summed E-state index contributed by atoms with van der Waals surface area (Å²) in [7, 11) is 0. The highest BCUT2D eigenvalue weighted by Gasteiger charge is 2.10. The van der Waals surface area contributed by atoms with Gasteiger partial charge < -0.3 is 5.32 Å². The third-order valence-corrected chi connectivity index (χ3v) is 4.78. The summed E-state index contributed by atoms with van der Waals surface area (Å²) in [6.45, 7) is 0. The van der Waals surface area contributed by atoms with Gasteiger partial charge in [0.25, 0.3) is 5.91 Å². The molecule has 0 aliphatic heterocycles. The van der Waals surface area contributed by atoms with Gasteiger partial charge in [0.15, 0.2) is 0 Å². The number of nitrogens with one attached hydrogen (secondary N) is 1. The maximum atomic E-state index is 12.2. The number of aromatic nitrogens is 2. The van der Waals surface area contributed by atoms with Gasteiger partial charge in [-0.05, 0) is 34.5 Å². The molecule has 3 aromatic rings. The largest absolute Gasteiger partial charge is 0.320 e. The molecule has 0 atom stereocenters. The van der Waals surface area contributed by atoms with Crippen LogP contribution < -0.4 is 5.32 Å². The van der Waals surface area contributed by atoms with E-state index in [-0.39, 0.29) is 5.91 Å². The molecule has 0 spiro atoms. The Bertz CT molecular complexity index is 745. The molecule has 2 aromatic heterocycles. The topological polar surface area (TPSA) is 54.9 Å². The van der Waals surface area contributed by atoms with Crippen molar-refractivity contribution in [3.63, 3.8) is 0 Å². The molecule has 1 aromatic carbocycles. The zero-order chi connectivity index (χ0) is 15.2. The lowest BCUT2D eigenvalue weighted by Crippen LogP contribution is -2.14. The smallest absolute Gasteiger partial charge is 0.275 e. The zero-order valence-electron chi connectivity index (χ0n) is 11.6. The van der Waals surface area contributed by atoms with Crippen LogP contribution in [0.5, 0.6) is 0 Å². The van der Waals surface area contributed by atoms with Crippen molar-refractivity contribution in [2.24, 2.45) is 0 Å². The first-order chi connectivity index (χ1) is 10.8. The fourth-order valence-electron chi connectivity index (χ4n) is 1.83. The average Bonchev–Trinajstić information content (AvgIpc) is 3.08. The fraction of sp³-hybridized carbons (Fsp3) is 0.0625. The van der Waals surface area contributed by atoms with Crippen LogP contribution in [-0.2, 0) is 5.75 Å². The van der Waals surface area contributed by atoms with Crippen molar-refractivity contribution >= 4 is 34.7 Å². The Morgan fingerprint density at radius 1 is 1.23 bits per heavy atom. The van der Waals surface area contributed by atoms with Crippen LogP contribution in [0.3, 0.4) is 0 Å². The number of thiophene rings is 1. The second-order valence-electron chi connectivity index (χ2n) is 4.46. The van der Waals surface area contributed by atoms with Crippen molar-refractivity contribution in [1.29, 1.82) is 0 Å². The molecule has 110 valence electrons. The number of carbonyl (C=O) groups is 1. The van der Waals surface area contributed by atoms with Crippen LogP contribution in [0.1, 0.15) is 16.1 Å². The molecule has 22 heavy (non-hydrogen) atoms. The molecule has 0 bridgehead atoms. The normalized spacial score (nSPS) is 10.4. The summed E-state index contributed by atoms with van der Waals surface area (Å²) in [5.74, 6) is 0.623. The van der Waals surface area contributed by atoms with Gasteiger partial charge in [-0.25, -0.2) is 4.98 Å². The Morgan fingerprint density at radius 3 is 2.91 bits per heavy atom. The first-order valence-corrected chi connectivity index (χ1v) is 8.56. The van der Waals surface area contributed by atoms with Crippen molar-refractivity contribution in [3.8, 4) is 0 Å². The number of benzene rings is 1. The number of rotatable bonds is 5. The van der Waals surface area contributed by atoms with Crippen LogP contribution in [0.2, 0.25) is 0 Å². The Balaban J connectivity index is 1.72. The first-order valence-electron chi connectivity index (χ1n) is 6.63. The number of carbonyl (C=O) groups excluding carboxylic acids is 1. The highest BCUT2D eigenvalue weighted by molar-refractivity contribution is 7.98. The van der Waals surface area contributed by atoms with E-state index in [1.807, 2.05) is 24.3 Å². The molecule has 0 aliphatic rings. The molecule has 1 amide bonds. The predicted molar refractivity (Wildman–Crippen MR) is 90.3 cm³/mol. The molecule has 0 saturated carbocycles. The predicted octanol–water partition coefficient (Wildman–Crippen LogP) is 4.08. The Hall–Kier alpha value is -2.18. The lowest BCUT2D eigenvalue weighted by atomic mass is 10.3. The maximum Gasteiger partial charge on any atom is 0.275 e. The van der Waals surface area contributed by atoms with Crippen LogP contribution in [0.4, 0.5) is 5.69 Å². The molecule has 0 radical (unpaired) electrons. The number of anilines is 1. The van der Waals surface area contributed by atoms with E-state index in [0.29, 0.717) is 5.69 Å². The van der Waals surface area contributed by atoms with Crippen molar-refractivity contribution in [2.45, 2.75) is 10.6 Å². The van der Waals surface area contributed by atoms with E-state index in [4.69, 9.17) is 0 Å². The Morgan fingerprint density at radius 2 is 2.14 bits per heavy atom. The second kappa shape index (κ2) is 7.20. The van der Waals surface area contributed by atoms with Gasteiger partial charge >= 0.3 is 0 Å². The minimum atomic E-state index is -0.253. The van der Waals surface area contributed by atoms with E-state index in [9.17, 15) is 4.79 Å². The number of hydrogen-bond donors (Lipinski definition) is 1. The minimum absolute atomic E-state index is 0.253. The maximum absolute atomic E-state index is 12.2. The van der Waals surface area contributed by atoms with E-state index in [1.165, 1.54) is 18.0 Å². The molecule has 0 fully saturated rings. The SMILES string of the molecule is O=C(Nc1ccccc1SCc1ccsc1)c1cnccn1. The average molecular weight is 327 g/mol. The third kappa shape index (κ3) is 3.72. The molecular formula is C16H13N3OS2. The highest BCUT2D eigenvalue weighted by Crippen LogP contribution is 2.30. The Kier molecular flexibility index (Phi) is 4.82. The monoisotopic (exact) mass is 327 g/mol. The summed E-state index contributed by atoms with van der Waals surface area (Å²) in [4.78, 5) is 21.1. The van der Waals surface area contributed by atoms with Crippen molar-refractivity contribution in [2.75, 3.05) is 5.32 Å². The summed E-state index contributed by atoms with van der Waals surface area (Å²) in [5, 5.41) is 7.10. The molecule has 0 saturated heterocycles. The lowest BCUT2D eigenvalue weighted by Gasteiger charge is -2.10. The van der Waals surface area contributed by atoms with Gasteiger partial charge in [-0.3, -0.25) is 9.78 Å². The van der Waals surface area contributed by atoms with Gasteiger partial charge in [0.1, 0.15) is 5.69 Å². The molecule has 6 heteroatoms. The molecule has 3 rings (SSSR count). The minimum Gasteiger partial charge on any atom is -0.320 e. The second-order valence-corrected chi connectivity index (χ2v) is 6.26. The summed E-state index contributed by atoms with van der Waals surface area (Å²) in [6.07, 6.45) is 4.50. The first kappa shape index (κ1) is 14.7. The summed E-state index contributed by atoms with van der Waals surface area (Å²) < 4.78 is 0. The van der Waals surface area contributed by atoms with E-state index in [2.05, 4.69) is 32.1 Å². The van der Waals surface area contributed by atoms with Gasteiger partial charge in [0, 0.05) is 23.0 Å². The third-order valence-electron chi connectivity index (χ3n) is 2.91. The lowest BCUT2D eigenvalue weighted by molar-refractivity contribution is 0.102. The fourth-order valence-corrected chi connectivity index (χ4v) is 3.56. The molecule has 0 unspecified atom stereocenters. The van der Waals surface area contributed by atoms with Crippen LogP contribution >= 0.6 is 23.1 Å². The Labute approximate surface area is 136 Å². The molecule has 1 N–H and O–H groups in total. The van der Waals surface area contributed by atoms with Crippen LogP contribution in [0.15, 0.2) is 64.6 Å². The molecule has 0 aliphatic carbocycles. The highest BCUT2D eigenvalue weighted by atomic mass is 32.2. The number of amides is 1. The van der Waals surface area contributed by atoms with E-state index < -0.39 is 0 Å². The number of para-hydroxylation sites is 1. The van der Waals surface area contributed by atoms with E-state index in [1.54, 1.807) is 29.3 Å². The summed E-state index contributed by atoms with van der Waals surface area (Å²) in [6, 6.07) is 9.88. The molecule has 2 heterocycles. The van der Waals surface area contributed by atoms with Crippen molar-refractivity contribution in [1.82, 2.24) is 9.97 Å². The number of nitrogens with zero attached hydrogens (tertiary/aromatic N) is 2. The van der Waals surface area contributed by atoms with Crippen LogP contribution in [-0.4, -0.2) is 15.9 Å². The van der Waals surface area contributed by atoms with E-state index >= 15 is 0 Å². The van der Waals surface area contributed by atoms with Gasteiger partial charge in [-0.1, -0.05) is 12.1 Å². The van der Waals surface area contributed by atoms with Gasteiger partial charge in [0.2, 0.25) is 0 Å². The number of thioether (sulfide) groups is 1. The van der Waals surface area contributed by atoms with E-state index in [0.717, 1.165) is 16.3 Å².